The zero-order chi connectivity index (χ0) is 21.5. The Balaban J connectivity index is 1.78. The highest BCUT2D eigenvalue weighted by Crippen LogP contribution is 2.35. The molecule has 3 rings (SSSR count). The van der Waals surface area contributed by atoms with E-state index in [-0.39, 0.29) is 5.56 Å². The van der Waals surface area contributed by atoms with E-state index >= 15 is 0 Å². The van der Waals surface area contributed by atoms with Crippen molar-refractivity contribution in [3.63, 3.8) is 0 Å². The van der Waals surface area contributed by atoms with Gasteiger partial charge in [-0.2, -0.15) is 0 Å². The smallest absolute Gasteiger partial charge is 0.336 e. The van der Waals surface area contributed by atoms with Crippen molar-refractivity contribution < 1.29 is 19.4 Å². The molecule has 156 valence electrons. The first-order valence-corrected chi connectivity index (χ1v) is 10.1. The second kappa shape index (κ2) is 10.0. The van der Waals surface area contributed by atoms with Crippen LogP contribution in [-0.2, 0) is 13.2 Å². The van der Waals surface area contributed by atoms with Gasteiger partial charge in [-0.15, -0.1) is 0 Å². The van der Waals surface area contributed by atoms with Crippen molar-refractivity contribution in [1.29, 1.82) is 0 Å². The van der Waals surface area contributed by atoms with Crippen LogP contribution in [-0.4, -0.2) is 17.7 Å². The minimum atomic E-state index is -0.951. The third-order valence-corrected chi connectivity index (χ3v) is 5.04. The third-order valence-electron chi connectivity index (χ3n) is 4.68. The van der Waals surface area contributed by atoms with Crippen LogP contribution in [0.25, 0.3) is 0 Å². The number of halogens is 1. The van der Waals surface area contributed by atoms with Crippen LogP contribution >= 0.6 is 11.6 Å². The summed E-state index contributed by atoms with van der Waals surface area (Å²) in [7, 11) is 0. The van der Waals surface area contributed by atoms with E-state index in [1.54, 1.807) is 25.1 Å². The predicted molar refractivity (Wildman–Crippen MR) is 119 cm³/mol. The first-order chi connectivity index (χ1) is 14.5. The molecule has 3 aromatic rings. The van der Waals surface area contributed by atoms with Crippen LogP contribution < -0.4 is 14.8 Å². The van der Waals surface area contributed by atoms with Gasteiger partial charge < -0.3 is 19.9 Å². The average molecular weight is 426 g/mol. The summed E-state index contributed by atoms with van der Waals surface area (Å²) in [5, 5.41) is 13.1. The van der Waals surface area contributed by atoms with Gasteiger partial charge in [0.15, 0.2) is 11.5 Å². The zero-order valence-corrected chi connectivity index (χ0v) is 17.7. The number of hydrogen-bond donors (Lipinski definition) is 2. The van der Waals surface area contributed by atoms with Crippen molar-refractivity contribution in [1.82, 2.24) is 0 Å². The number of ether oxygens (including phenoxy) is 2. The first-order valence-electron chi connectivity index (χ1n) is 9.68. The van der Waals surface area contributed by atoms with Gasteiger partial charge in [0.2, 0.25) is 0 Å². The van der Waals surface area contributed by atoms with Crippen LogP contribution in [0.5, 0.6) is 11.5 Å². The molecule has 0 unspecified atom stereocenters. The fourth-order valence-electron chi connectivity index (χ4n) is 3.08. The summed E-state index contributed by atoms with van der Waals surface area (Å²) in [5.41, 5.74) is 3.57. The zero-order valence-electron chi connectivity index (χ0n) is 16.9. The third kappa shape index (κ3) is 5.24. The normalized spacial score (nSPS) is 10.5. The van der Waals surface area contributed by atoms with E-state index in [4.69, 9.17) is 21.1 Å². The maximum absolute atomic E-state index is 11.3. The Morgan fingerprint density at radius 2 is 1.77 bits per heavy atom. The number of rotatable bonds is 9. The first kappa shape index (κ1) is 21.5. The molecule has 0 atom stereocenters. The van der Waals surface area contributed by atoms with Crippen molar-refractivity contribution in [2.75, 3.05) is 11.9 Å². The summed E-state index contributed by atoms with van der Waals surface area (Å²) in [5.74, 6) is 0.247. The molecule has 0 radical (unpaired) electrons. The quantitative estimate of drug-likeness (QED) is 0.444. The fourth-order valence-corrected chi connectivity index (χ4v) is 3.30. The molecule has 0 aromatic heterocycles. The molecule has 0 saturated heterocycles. The molecular formula is C24H24ClNO4. The molecule has 6 heteroatoms. The van der Waals surface area contributed by atoms with Gasteiger partial charge in [0.1, 0.15) is 6.61 Å². The number of nitrogens with one attached hydrogen (secondary N) is 1. The maximum Gasteiger partial charge on any atom is 0.336 e. The molecule has 30 heavy (non-hydrogen) atoms. The number of aromatic carboxylic acids is 1. The van der Waals surface area contributed by atoms with E-state index in [0.29, 0.717) is 41.8 Å². The van der Waals surface area contributed by atoms with Crippen LogP contribution in [0.1, 0.15) is 34.0 Å². The number of anilines is 1. The van der Waals surface area contributed by atoms with Gasteiger partial charge in [-0.25, -0.2) is 4.79 Å². The minimum absolute atomic E-state index is 0.269. The summed E-state index contributed by atoms with van der Waals surface area (Å²) >= 11 is 6.50. The standard InChI is InChI=1S/C24H24ClNO4/c1-3-29-22-12-18(14-26-21-11-7-10-19(16(21)2)24(27)28)20(25)13-23(22)30-15-17-8-5-4-6-9-17/h4-13,26H,3,14-15H2,1-2H3,(H,27,28). The van der Waals surface area contributed by atoms with Crippen molar-refractivity contribution >= 4 is 23.3 Å². The monoisotopic (exact) mass is 425 g/mol. The largest absolute Gasteiger partial charge is 0.490 e. The molecule has 0 amide bonds. The number of carbonyl (C=O) groups is 1. The molecule has 0 fully saturated rings. The number of carboxylic acid groups (broad SMARTS) is 1. The lowest BCUT2D eigenvalue weighted by Crippen LogP contribution is -2.07. The summed E-state index contributed by atoms with van der Waals surface area (Å²) in [6, 6.07) is 18.6. The van der Waals surface area contributed by atoms with Crippen LogP contribution in [0.3, 0.4) is 0 Å². The molecular weight excluding hydrogens is 402 g/mol. The van der Waals surface area contributed by atoms with E-state index in [1.165, 1.54) is 0 Å². The highest BCUT2D eigenvalue weighted by molar-refractivity contribution is 6.31. The Hall–Kier alpha value is -3.18. The minimum Gasteiger partial charge on any atom is -0.490 e. The van der Waals surface area contributed by atoms with Gasteiger partial charge >= 0.3 is 5.97 Å². The maximum atomic E-state index is 11.3. The molecule has 0 bridgehead atoms. The second-order valence-electron chi connectivity index (χ2n) is 6.73. The van der Waals surface area contributed by atoms with Gasteiger partial charge in [-0.1, -0.05) is 48.0 Å². The summed E-state index contributed by atoms with van der Waals surface area (Å²) in [6.45, 7) is 5.02. The Labute approximate surface area is 181 Å². The fraction of sp³-hybridized carbons (Fsp3) is 0.208. The highest BCUT2D eigenvalue weighted by atomic mass is 35.5. The second-order valence-corrected chi connectivity index (χ2v) is 7.14. The molecule has 0 aliphatic heterocycles. The Bertz CT molecular complexity index is 1020. The molecule has 3 aromatic carbocycles. The van der Waals surface area contributed by atoms with E-state index in [1.807, 2.05) is 49.4 Å². The Morgan fingerprint density at radius 3 is 2.47 bits per heavy atom. The molecule has 2 N–H and O–H groups in total. The summed E-state index contributed by atoms with van der Waals surface area (Å²) in [6.07, 6.45) is 0. The lowest BCUT2D eigenvalue weighted by molar-refractivity contribution is 0.0696. The van der Waals surface area contributed by atoms with Crippen molar-refractivity contribution in [3.05, 3.63) is 87.9 Å². The van der Waals surface area contributed by atoms with Crippen LogP contribution in [0.4, 0.5) is 5.69 Å². The molecule has 0 saturated carbocycles. The van der Waals surface area contributed by atoms with Crippen LogP contribution in [0.2, 0.25) is 5.02 Å². The molecule has 0 spiro atoms. The topological polar surface area (TPSA) is 67.8 Å². The SMILES string of the molecule is CCOc1cc(CNc2cccc(C(=O)O)c2C)c(Cl)cc1OCc1ccccc1. The van der Waals surface area contributed by atoms with Crippen molar-refractivity contribution in [3.8, 4) is 11.5 Å². The predicted octanol–water partition coefficient (Wildman–Crippen LogP) is 5.94. The van der Waals surface area contributed by atoms with Crippen molar-refractivity contribution in [2.45, 2.75) is 27.0 Å². The lowest BCUT2D eigenvalue weighted by Gasteiger charge is -2.16. The Morgan fingerprint density at radius 1 is 1.03 bits per heavy atom. The molecule has 0 heterocycles. The molecule has 0 aliphatic rings. The van der Waals surface area contributed by atoms with Gasteiger partial charge in [-0.3, -0.25) is 0 Å². The summed E-state index contributed by atoms with van der Waals surface area (Å²) < 4.78 is 11.7. The number of carboxylic acids is 1. The summed E-state index contributed by atoms with van der Waals surface area (Å²) in [4.78, 5) is 11.3. The highest BCUT2D eigenvalue weighted by Gasteiger charge is 2.13. The molecule has 0 aliphatic carbocycles. The number of benzene rings is 3. The van der Waals surface area contributed by atoms with Crippen molar-refractivity contribution in [2.24, 2.45) is 0 Å². The van der Waals surface area contributed by atoms with E-state index in [0.717, 1.165) is 16.8 Å². The van der Waals surface area contributed by atoms with Crippen LogP contribution in [0, 0.1) is 6.92 Å². The number of hydrogen-bond acceptors (Lipinski definition) is 4. The van der Waals surface area contributed by atoms with Gasteiger partial charge in [0.25, 0.3) is 0 Å². The van der Waals surface area contributed by atoms with E-state index < -0.39 is 5.97 Å². The van der Waals surface area contributed by atoms with E-state index in [9.17, 15) is 9.90 Å². The van der Waals surface area contributed by atoms with Gasteiger partial charge in [0, 0.05) is 23.3 Å². The average Bonchev–Trinajstić information content (AvgIpc) is 2.74. The Kier molecular flexibility index (Phi) is 7.20. The van der Waals surface area contributed by atoms with Gasteiger partial charge in [0.05, 0.1) is 12.2 Å². The van der Waals surface area contributed by atoms with Crippen LogP contribution in [0.15, 0.2) is 60.7 Å². The molecule has 5 nitrogen and oxygen atoms in total. The van der Waals surface area contributed by atoms with E-state index in [2.05, 4.69) is 5.32 Å². The van der Waals surface area contributed by atoms with Gasteiger partial charge in [-0.05, 0) is 48.7 Å². The lowest BCUT2D eigenvalue weighted by atomic mass is 10.1.